The second kappa shape index (κ2) is 9.94. The van der Waals surface area contributed by atoms with Gasteiger partial charge in [-0.15, -0.1) is 10.2 Å². The van der Waals surface area contributed by atoms with E-state index in [1.165, 1.54) is 31.7 Å². The fourth-order valence-corrected chi connectivity index (χ4v) is 5.45. The SMILES string of the molecule is COc1ccc(C(=O)Nc2ccc(-c3nnc4n3CCCCC4)cc2)cc1S(=O)(=O)NC(C)C. The molecule has 0 unspecified atom stereocenters. The second-order valence-corrected chi connectivity index (χ2v) is 10.3. The molecule has 1 aliphatic rings. The Morgan fingerprint density at radius 2 is 1.82 bits per heavy atom. The Hall–Kier alpha value is -3.24. The Labute approximate surface area is 199 Å². The van der Waals surface area contributed by atoms with Crippen molar-refractivity contribution in [2.75, 3.05) is 12.4 Å². The van der Waals surface area contributed by atoms with Gasteiger partial charge in [0.15, 0.2) is 5.82 Å². The van der Waals surface area contributed by atoms with Gasteiger partial charge in [0.25, 0.3) is 5.91 Å². The maximum Gasteiger partial charge on any atom is 0.255 e. The van der Waals surface area contributed by atoms with Crippen LogP contribution in [0.25, 0.3) is 11.4 Å². The molecule has 9 nitrogen and oxygen atoms in total. The summed E-state index contributed by atoms with van der Waals surface area (Å²) < 4.78 is 35.3. The summed E-state index contributed by atoms with van der Waals surface area (Å²) in [6, 6.07) is 11.4. The lowest BCUT2D eigenvalue weighted by Crippen LogP contribution is -2.30. The second-order valence-electron chi connectivity index (χ2n) is 8.58. The number of amides is 1. The Kier molecular flexibility index (Phi) is 6.99. The third kappa shape index (κ3) is 5.13. The van der Waals surface area contributed by atoms with E-state index in [2.05, 4.69) is 24.8 Å². The number of fused-ring (bicyclic) bond motifs is 1. The molecule has 180 valence electrons. The first-order valence-electron chi connectivity index (χ1n) is 11.3. The van der Waals surface area contributed by atoms with Crippen molar-refractivity contribution in [3.8, 4) is 17.1 Å². The van der Waals surface area contributed by atoms with Crippen LogP contribution in [-0.2, 0) is 23.0 Å². The normalized spacial score (nSPS) is 13.9. The van der Waals surface area contributed by atoms with Gasteiger partial charge in [-0.1, -0.05) is 6.42 Å². The number of rotatable bonds is 7. The van der Waals surface area contributed by atoms with Crippen LogP contribution < -0.4 is 14.8 Å². The van der Waals surface area contributed by atoms with Crippen LogP contribution in [0.15, 0.2) is 47.4 Å². The summed E-state index contributed by atoms with van der Waals surface area (Å²) in [4.78, 5) is 12.8. The number of nitrogens with one attached hydrogen (secondary N) is 2. The van der Waals surface area contributed by atoms with Gasteiger partial charge in [-0.3, -0.25) is 4.79 Å². The minimum atomic E-state index is -3.84. The van der Waals surface area contributed by atoms with Crippen LogP contribution >= 0.6 is 0 Å². The number of nitrogens with zero attached hydrogens (tertiary/aromatic N) is 3. The zero-order valence-electron chi connectivity index (χ0n) is 19.5. The summed E-state index contributed by atoms with van der Waals surface area (Å²) in [6.45, 7) is 4.35. The van der Waals surface area contributed by atoms with Crippen LogP contribution in [0.3, 0.4) is 0 Å². The standard InChI is InChI=1S/C24H29N5O4S/c1-16(2)28-34(31,32)21-15-18(10-13-20(21)33-3)24(30)25-19-11-8-17(9-12-19)23-27-26-22-7-5-4-6-14-29(22)23/h8-13,15-16,28H,4-7,14H2,1-3H3,(H,25,30). The highest BCUT2D eigenvalue weighted by Crippen LogP contribution is 2.27. The number of ether oxygens (including phenoxy) is 1. The van der Waals surface area contributed by atoms with Crippen molar-refractivity contribution in [1.82, 2.24) is 19.5 Å². The average Bonchev–Trinajstić information content (AvgIpc) is 3.06. The van der Waals surface area contributed by atoms with Crippen LogP contribution in [0.5, 0.6) is 5.75 Å². The molecule has 3 aromatic rings. The summed E-state index contributed by atoms with van der Waals surface area (Å²) >= 11 is 0. The Morgan fingerprint density at radius 3 is 2.53 bits per heavy atom. The zero-order valence-corrected chi connectivity index (χ0v) is 20.4. The minimum absolute atomic E-state index is 0.0841. The van der Waals surface area contributed by atoms with Crippen molar-refractivity contribution >= 4 is 21.6 Å². The third-order valence-corrected chi connectivity index (χ3v) is 7.30. The van der Waals surface area contributed by atoms with Crippen LogP contribution in [-0.4, -0.2) is 42.2 Å². The number of carbonyl (C=O) groups is 1. The molecule has 4 rings (SSSR count). The Bertz CT molecular complexity index is 1280. The van der Waals surface area contributed by atoms with Gasteiger partial charge in [0.2, 0.25) is 10.0 Å². The van der Waals surface area contributed by atoms with Crippen LogP contribution in [0.1, 0.15) is 49.3 Å². The predicted octanol–water partition coefficient (Wildman–Crippen LogP) is 3.62. The predicted molar refractivity (Wildman–Crippen MR) is 129 cm³/mol. The molecule has 1 aromatic heterocycles. The lowest BCUT2D eigenvalue weighted by molar-refractivity contribution is 0.102. The molecule has 2 N–H and O–H groups in total. The number of benzene rings is 2. The number of sulfonamides is 1. The maximum atomic E-state index is 12.9. The summed E-state index contributed by atoms with van der Waals surface area (Å²) in [5.41, 5.74) is 1.72. The van der Waals surface area contributed by atoms with E-state index in [1.54, 1.807) is 26.0 Å². The Balaban J connectivity index is 1.53. The molecule has 0 atom stereocenters. The van der Waals surface area contributed by atoms with Gasteiger partial charge in [-0.05, 0) is 69.2 Å². The van der Waals surface area contributed by atoms with Gasteiger partial charge in [-0.25, -0.2) is 13.1 Å². The van der Waals surface area contributed by atoms with Crippen LogP contribution in [0, 0.1) is 0 Å². The lowest BCUT2D eigenvalue weighted by atomic mass is 10.1. The van der Waals surface area contributed by atoms with E-state index in [9.17, 15) is 13.2 Å². The molecule has 0 saturated heterocycles. The molecule has 0 spiro atoms. The van der Waals surface area contributed by atoms with Crippen LogP contribution in [0.2, 0.25) is 0 Å². The van der Waals surface area contributed by atoms with E-state index in [4.69, 9.17) is 4.74 Å². The molecule has 2 heterocycles. The maximum absolute atomic E-state index is 12.9. The first-order valence-corrected chi connectivity index (χ1v) is 12.8. The molecule has 0 radical (unpaired) electrons. The first kappa shape index (κ1) is 23.9. The van der Waals surface area contributed by atoms with Gasteiger partial charge < -0.3 is 14.6 Å². The van der Waals surface area contributed by atoms with Gasteiger partial charge in [-0.2, -0.15) is 0 Å². The topological polar surface area (TPSA) is 115 Å². The van der Waals surface area contributed by atoms with E-state index in [0.717, 1.165) is 43.0 Å². The number of aryl methyl sites for hydroxylation is 1. The summed E-state index contributed by atoms with van der Waals surface area (Å²) in [7, 11) is -2.45. The average molecular weight is 484 g/mol. The molecule has 34 heavy (non-hydrogen) atoms. The van der Waals surface area contributed by atoms with Crippen molar-refractivity contribution in [2.24, 2.45) is 0 Å². The molecule has 1 aliphatic heterocycles. The van der Waals surface area contributed by atoms with E-state index < -0.39 is 15.9 Å². The highest BCUT2D eigenvalue weighted by molar-refractivity contribution is 7.89. The van der Waals surface area contributed by atoms with Crippen molar-refractivity contribution in [1.29, 1.82) is 0 Å². The molecular formula is C24H29N5O4S. The van der Waals surface area contributed by atoms with Gasteiger partial charge in [0, 0.05) is 35.8 Å². The fraction of sp³-hybridized carbons (Fsp3) is 0.375. The van der Waals surface area contributed by atoms with Crippen LogP contribution in [0.4, 0.5) is 5.69 Å². The molecule has 0 saturated carbocycles. The summed E-state index contributed by atoms with van der Waals surface area (Å²) in [5.74, 6) is 1.59. The molecule has 0 fully saturated rings. The van der Waals surface area contributed by atoms with Gasteiger partial charge in [0.1, 0.15) is 16.5 Å². The largest absolute Gasteiger partial charge is 0.495 e. The summed E-state index contributed by atoms with van der Waals surface area (Å²) in [6.07, 6.45) is 4.37. The van der Waals surface area contributed by atoms with Crippen molar-refractivity contribution < 1.29 is 17.9 Å². The van der Waals surface area contributed by atoms with E-state index >= 15 is 0 Å². The number of hydrogen-bond acceptors (Lipinski definition) is 6. The van der Waals surface area contributed by atoms with Crippen molar-refractivity contribution in [3.05, 3.63) is 53.9 Å². The molecule has 0 bridgehead atoms. The monoisotopic (exact) mass is 483 g/mol. The smallest absolute Gasteiger partial charge is 0.255 e. The number of aromatic nitrogens is 3. The van der Waals surface area contributed by atoms with Crippen molar-refractivity contribution in [2.45, 2.75) is 57.0 Å². The highest BCUT2D eigenvalue weighted by Gasteiger charge is 2.23. The molecule has 2 aromatic carbocycles. The molecule has 1 amide bonds. The third-order valence-electron chi connectivity index (χ3n) is 5.62. The zero-order chi connectivity index (χ0) is 24.3. The lowest BCUT2D eigenvalue weighted by Gasteiger charge is -2.14. The van der Waals surface area contributed by atoms with Gasteiger partial charge >= 0.3 is 0 Å². The Morgan fingerprint density at radius 1 is 1.06 bits per heavy atom. The summed E-state index contributed by atoms with van der Waals surface area (Å²) in [5, 5.41) is 11.5. The van der Waals surface area contributed by atoms with Gasteiger partial charge in [0.05, 0.1) is 7.11 Å². The molecule has 10 heteroatoms. The minimum Gasteiger partial charge on any atom is -0.495 e. The van der Waals surface area contributed by atoms with E-state index in [0.29, 0.717) is 5.69 Å². The van der Waals surface area contributed by atoms with Crippen molar-refractivity contribution in [3.63, 3.8) is 0 Å². The van der Waals surface area contributed by atoms with E-state index in [1.807, 2.05) is 12.1 Å². The quantitative estimate of drug-likeness (QED) is 0.530. The van der Waals surface area contributed by atoms with E-state index in [-0.39, 0.29) is 22.3 Å². The number of methoxy groups -OCH3 is 1. The fourth-order valence-electron chi connectivity index (χ4n) is 4.01. The molecule has 0 aliphatic carbocycles. The number of carbonyl (C=O) groups excluding carboxylic acids is 1. The molecular weight excluding hydrogens is 454 g/mol. The number of hydrogen-bond donors (Lipinski definition) is 2. The first-order chi connectivity index (χ1) is 16.3. The number of anilines is 1. The highest BCUT2D eigenvalue weighted by atomic mass is 32.2.